The number of nitrogens with zero attached hydrogens (tertiary/aromatic N) is 3. The summed E-state index contributed by atoms with van der Waals surface area (Å²) in [6.07, 6.45) is 2.25. The highest BCUT2D eigenvalue weighted by Gasteiger charge is 2.35. The van der Waals surface area contributed by atoms with E-state index in [0.29, 0.717) is 19.5 Å². The second-order valence-electron chi connectivity index (χ2n) is 7.65. The van der Waals surface area contributed by atoms with Crippen LogP contribution in [-0.4, -0.2) is 74.5 Å². The van der Waals surface area contributed by atoms with Crippen molar-refractivity contribution in [3.05, 3.63) is 30.3 Å². The number of benzene rings is 1. The lowest BCUT2D eigenvalue weighted by atomic mass is 10.0. The second-order valence-corrected chi connectivity index (χ2v) is 7.65. The topological polar surface area (TPSA) is 55.9 Å². The number of carbonyl (C=O) groups is 2. The fourth-order valence-corrected chi connectivity index (χ4v) is 3.72. The van der Waals surface area contributed by atoms with E-state index >= 15 is 0 Å². The van der Waals surface area contributed by atoms with Gasteiger partial charge in [-0.25, -0.2) is 0 Å². The molecule has 6 nitrogen and oxygen atoms in total. The van der Waals surface area contributed by atoms with Gasteiger partial charge < -0.3 is 20.0 Å². The Balaban J connectivity index is 1.44. The fourth-order valence-electron chi connectivity index (χ4n) is 3.72. The lowest BCUT2D eigenvalue weighted by Crippen LogP contribution is -2.46. The summed E-state index contributed by atoms with van der Waals surface area (Å²) in [6, 6.07) is 10.6. The first-order valence-electron chi connectivity index (χ1n) is 9.56. The van der Waals surface area contributed by atoms with Crippen LogP contribution in [-0.2, 0) is 9.59 Å². The quantitative estimate of drug-likeness (QED) is 0.830. The van der Waals surface area contributed by atoms with Gasteiger partial charge in [0.1, 0.15) is 0 Å². The van der Waals surface area contributed by atoms with Crippen molar-refractivity contribution in [2.75, 3.05) is 51.7 Å². The summed E-state index contributed by atoms with van der Waals surface area (Å²) < 4.78 is 0. The van der Waals surface area contributed by atoms with Gasteiger partial charge in [-0.15, -0.1) is 0 Å². The molecule has 0 radical (unpaired) electrons. The van der Waals surface area contributed by atoms with Crippen LogP contribution in [0.25, 0.3) is 0 Å². The van der Waals surface area contributed by atoms with Gasteiger partial charge in [-0.3, -0.25) is 9.59 Å². The molecule has 1 N–H and O–H groups in total. The zero-order valence-corrected chi connectivity index (χ0v) is 15.9. The summed E-state index contributed by atoms with van der Waals surface area (Å²) >= 11 is 0. The lowest BCUT2D eigenvalue weighted by Gasteiger charge is -2.34. The van der Waals surface area contributed by atoms with Crippen LogP contribution < -0.4 is 10.2 Å². The summed E-state index contributed by atoms with van der Waals surface area (Å²) in [5.74, 6) is -0.0495. The van der Waals surface area contributed by atoms with Gasteiger partial charge in [0, 0.05) is 50.9 Å². The Morgan fingerprint density at radius 3 is 2.54 bits per heavy atom. The van der Waals surface area contributed by atoms with Crippen molar-refractivity contribution in [2.24, 2.45) is 5.92 Å². The van der Waals surface area contributed by atoms with Crippen LogP contribution in [0.3, 0.4) is 0 Å². The minimum Gasteiger partial charge on any atom is -0.371 e. The number of likely N-dealkylation sites (N-methyl/N-ethyl adjacent to an activating group) is 1. The third kappa shape index (κ3) is 4.75. The van der Waals surface area contributed by atoms with E-state index in [1.54, 1.807) is 0 Å². The third-order valence-corrected chi connectivity index (χ3v) is 5.37. The van der Waals surface area contributed by atoms with Crippen molar-refractivity contribution >= 4 is 17.5 Å². The number of amides is 2. The molecular formula is C20H30N4O2. The Morgan fingerprint density at radius 2 is 1.88 bits per heavy atom. The number of carbonyl (C=O) groups excluding carboxylic acids is 2. The average molecular weight is 358 g/mol. The summed E-state index contributed by atoms with van der Waals surface area (Å²) in [7, 11) is 3.99. The minimum absolute atomic E-state index is 0.0452. The molecule has 1 atom stereocenters. The monoisotopic (exact) mass is 358 g/mol. The molecule has 26 heavy (non-hydrogen) atoms. The third-order valence-electron chi connectivity index (χ3n) is 5.37. The maximum atomic E-state index is 12.6. The zero-order valence-electron chi connectivity index (χ0n) is 15.9. The summed E-state index contributed by atoms with van der Waals surface area (Å²) in [4.78, 5) is 30.9. The highest BCUT2D eigenvalue weighted by molar-refractivity contribution is 5.89. The molecular weight excluding hydrogens is 328 g/mol. The molecule has 1 aromatic carbocycles. The Morgan fingerprint density at radius 1 is 1.19 bits per heavy atom. The number of para-hydroxylation sites is 1. The molecule has 2 aliphatic rings. The second kappa shape index (κ2) is 8.54. The van der Waals surface area contributed by atoms with E-state index in [2.05, 4.69) is 39.4 Å². The normalized spacial score (nSPS) is 21.5. The average Bonchev–Trinajstić information content (AvgIpc) is 3.02. The molecule has 6 heteroatoms. The minimum atomic E-state index is -0.197. The molecule has 0 aliphatic carbocycles. The fraction of sp³-hybridized carbons (Fsp3) is 0.600. The Hall–Kier alpha value is -2.08. The molecule has 1 aromatic rings. The van der Waals surface area contributed by atoms with E-state index in [0.717, 1.165) is 32.5 Å². The van der Waals surface area contributed by atoms with Crippen molar-refractivity contribution in [2.45, 2.75) is 25.3 Å². The number of anilines is 1. The van der Waals surface area contributed by atoms with E-state index in [9.17, 15) is 9.59 Å². The molecule has 0 bridgehead atoms. The molecule has 2 fully saturated rings. The van der Waals surface area contributed by atoms with Crippen LogP contribution in [0.5, 0.6) is 0 Å². The van der Waals surface area contributed by atoms with Crippen molar-refractivity contribution < 1.29 is 9.59 Å². The first-order valence-corrected chi connectivity index (χ1v) is 9.56. The largest absolute Gasteiger partial charge is 0.371 e. The lowest BCUT2D eigenvalue weighted by molar-refractivity contribution is -0.129. The number of nitrogens with one attached hydrogen (secondary N) is 1. The van der Waals surface area contributed by atoms with E-state index in [1.165, 1.54) is 5.69 Å². The zero-order chi connectivity index (χ0) is 18.5. The van der Waals surface area contributed by atoms with E-state index in [1.807, 2.05) is 25.1 Å². The SMILES string of the molecule is CN(C)CCN1CC(C(=O)NC2CCN(c3ccccc3)CC2)CC1=O. The predicted molar refractivity (Wildman–Crippen MR) is 103 cm³/mol. The van der Waals surface area contributed by atoms with Crippen LogP contribution >= 0.6 is 0 Å². The van der Waals surface area contributed by atoms with Crippen LogP contribution in [0, 0.1) is 5.92 Å². The van der Waals surface area contributed by atoms with E-state index < -0.39 is 0 Å². The molecule has 3 rings (SSSR count). The van der Waals surface area contributed by atoms with Crippen LogP contribution in [0.4, 0.5) is 5.69 Å². The number of rotatable bonds is 6. The maximum absolute atomic E-state index is 12.6. The van der Waals surface area contributed by atoms with Gasteiger partial charge in [-0.2, -0.15) is 0 Å². The summed E-state index contributed by atoms with van der Waals surface area (Å²) in [6.45, 7) is 3.99. The van der Waals surface area contributed by atoms with Gasteiger partial charge in [0.25, 0.3) is 0 Å². The predicted octanol–water partition coefficient (Wildman–Crippen LogP) is 1.18. The van der Waals surface area contributed by atoms with Gasteiger partial charge in [0.05, 0.1) is 5.92 Å². The molecule has 2 saturated heterocycles. The van der Waals surface area contributed by atoms with Gasteiger partial charge in [-0.1, -0.05) is 18.2 Å². The number of hydrogen-bond acceptors (Lipinski definition) is 4. The Bertz CT molecular complexity index is 611. The smallest absolute Gasteiger partial charge is 0.225 e. The van der Waals surface area contributed by atoms with Gasteiger partial charge >= 0.3 is 0 Å². The molecule has 0 aromatic heterocycles. The highest BCUT2D eigenvalue weighted by atomic mass is 16.2. The standard InChI is InChI=1S/C20H30N4O2/c1-22(2)12-13-24-15-16(14-19(24)25)20(26)21-17-8-10-23(11-9-17)18-6-4-3-5-7-18/h3-7,16-17H,8-15H2,1-2H3,(H,21,26). The maximum Gasteiger partial charge on any atom is 0.225 e. The number of piperidine rings is 1. The molecule has 2 heterocycles. The van der Waals surface area contributed by atoms with Crippen molar-refractivity contribution in [1.82, 2.24) is 15.1 Å². The van der Waals surface area contributed by atoms with E-state index in [-0.39, 0.29) is 23.8 Å². The molecule has 2 aliphatic heterocycles. The highest BCUT2D eigenvalue weighted by Crippen LogP contribution is 2.21. The Kier molecular flexibility index (Phi) is 6.14. The first-order chi connectivity index (χ1) is 12.5. The molecule has 0 spiro atoms. The van der Waals surface area contributed by atoms with Gasteiger partial charge in [-0.05, 0) is 39.1 Å². The molecule has 142 valence electrons. The van der Waals surface area contributed by atoms with Crippen LogP contribution in [0.2, 0.25) is 0 Å². The van der Waals surface area contributed by atoms with Crippen molar-refractivity contribution in [1.29, 1.82) is 0 Å². The summed E-state index contributed by atoms with van der Waals surface area (Å²) in [5.41, 5.74) is 1.25. The first kappa shape index (κ1) is 18.7. The van der Waals surface area contributed by atoms with Crippen LogP contribution in [0.15, 0.2) is 30.3 Å². The van der Waals surface area contributed by atoms with Crippen LogP contribution in [0.1, 0.15) is 19.3 Å². The van der Waals surface area contributed by atoms with Gasteiger partial charge in [0.2, 0.25) is 11.8 Å². The molecule has 0 saturated carbocycles. The summed E-state index contributed by atoms with van der Waals surface area (Å²) in [5, 5.41) is 3.18. The van der Waals surface area contributed by atoms with Gasteiger partial charge in [0.15, 0.2) is 0 Å². The van der Waals surface area contributed by atoms with Crippen molar-refractivity contribution in [3.63, 3.8) is 0 Å². The number of hydrogen-bond donors (Lipinski definition) is 1. The molecule has 2 amide bonds. The molecule has 1 unspecified atom stereocenters. The Labute approximate surface area is 156 Å². The number of likely N-dealkylation sites (tertiary alicyclic amines) is 1. The van der Waals surface area contributed by atoms with Crippen molar-refractivity contribution in [3.8, 4) is 0 Å². The van der Waals surface area contributed by atoms with E-state index in [4.69, 9.17) is 0 Å².